The van der Waals surface area contributed by atoms with Gasteiger partial charge in [0.2, 0.25) is 5.91 Å². The van der Waals surface area contributed by atoms with Crippen molar-refractivity contribution >= 4 is 24.0 Å². The van der Waals surface area contributed by atoms with Crippen molar-refractivity contribution in [1.29, 1.82) is 0 Å². The lowest BCUT2D eigenvalue weighted by Crippen LogP contribution is -2.34. The molecular weight excluding hydrogens is 350 g/mol. The predicted octanol–water partition coefficient (Wildman–Crippen LogP) is 3.03. The zero-order chi connectivity index (χ0) is 17.1. The molecule has 1 saturated heterocycles. The highest BCUT2D eigenvalue weighted by atomic mass is 35.5. The van der Waals surface area contributed by atoms with Crippen molar-refractivity contribution in [3.05, 3.63) is 30.1 Å². The fraction of sp³-hybridized carbons (Fsp3) is 0.526. The molecule has 26 heavy (non-hydrogen) atoms. The largest absolute Gasteiger partial charge is 0.326 e. The predicted molar refractivity (Wildman–Crippen MR) is 104 cm³/mol. The van der Waals surface area contributed by atoms with Gasteiger partial charge in [0.25, 0.3) is 0 Å². The number of halogens is 1. The molecule has 1 aromatic carbocycles. The highest BCUT2D eigenvalue weighted by Gasteiger charge is 2.21. The Balaban J connectivity index is 0.00000196. The quantitative estimate of drug-likeness (QED) is 0.864. The van der Waals surface area contributed by atoms with Crippen LogP contribution in [0.2, 0.25) is 0 Å². The minimum absolute atomic E-state index is 0. The molecule has 4 rings (SSSR count). The number of carbonyl (C=O) groups excluding carboxylic acids is 1. The van der Waals surface area contributed by atoms with E-state index in [9.17, 15) is 4.79 Å². The second-order valence-electron chi connectivity index (χ2n) is 7.00. The third-order valence-electron chi connectivity index (χ3n) is 5.21. The van der Waals surface area contributed by atoms with E-state index < -0.39 is 0 Å². The van der Waals surface area contributed by atoms with Gasteiger partial charge in [-0.1, -0.05) is 18.6 Å². The van der Waals surface area contributed by atoms with E-state index in [0.717, 1.165) is 61.8 Å². The van der Waals surface area contributed by atoms with Crippen molar-refractivity contribution in [1.82, 2.24) is 20.1 Å². The van der Waals surface area contributed by atoms with Crippen molar-refractivity contribution < 1.29 is 4.79 Å². The molecule has 0 unspecified atom stereocenters. The van der Waals surface area contributed by atoms with Gasteiger partial charge in [0.05, 0.1) is 0 Å². The van der Waals surface area contributed by atoms with E-state index in [1.54, 1.807) is 0 Å². The van der Waals surface area contributed by atoms with Gasteiger partial charge in [0.15, 0.2) is 5.82 Å². The first-order chi connectivity index (χ1) is 12.3. The van der Waals surface area contributed by atoms with Gasteiger partial charge in [-0.2, -0.15) is 0 Å². The average Bonchev–Trinajstić information content (AvgIpc) is 2.91. The van der Waals surface area contributed by atoms with Gasteiger partial charge >= 0.3 is 0 Å². The fourth-order valence-electron chi connectivity index (χ4n) is 3.76. The number of hydrogen-bond donors (Lipinski definition) is 2. The smallest absolute Gasteiger partial charge is 0.227 e. The molecule has 0 spiro atoms. The molecule has 0 saturated carbocycles. The second kappa shape index (κ2) is 8.64. The summed E-state index contributed by atoms with van der Waals surface area (Å²) in [7, 11) is 0. The number of hydrogen-bond acceptors (Lipinski definition) is 4. The summed E-state index contributed by atoms with van der Waals surface area (Å²) in [6.07, 6.45) is 6.41. The first-order valence-electron chi connectivity index (χ1n) is 9.35. The van der Waals surface area contributed by atoms with E-state index in [0.29, 0.717) is 0 Å². The topological polar surface area (TPSA) is 71.8 Å². The van der Waals surface area contributed by atoms with E-state index in [1.165, 1.54) is 19.3 Å². The Morgan fingerprint density at radius 3 is 2.85 bits per heavy atom. The molecule has 3 heterocycles. The molecule has 2 aliphatic heterocycles. The number of nitrogens with one attached hydrogen (secondary N) is 2. The van der Waals surface area contributed by atoms with Crippen LogP contribution in [0.5, 0.6) is 0 Å². The van der Waals surface area contributed by atoms with Gasteiger partial charge in [-0.05, 0) is 50.9 Å². The van der Waals surface area contributed by atoms with Crippen molar-refractivity contribution in [3.63, 3.8) is 0 Å². The highest BCUT2D eigenvalue weighted by molar-refractivity contribution is 5.93. The summed E-state index contributed by atoms with van der Waals surface area (Å²) < 4.78 is 2.24. The Morgan fingerprint density at radius 2 is 2.00 bits per heavy atom. The number of anilines is 1. The van der Waals surface area contributed by atoms with Crippen LogP contribution in [0.15, 0.2) is 24.3 Å². The Kier molecular flexibility index (Phi) is 6.27. The highest BCUT2D eigenvalue weighted by Crippen LogP contribution is 2.25. The Hall–Kier alpha value is -1.92. The summed E-state index contributed by atoms with van der Waals surface area (Å²) in [6.45, 7) is 2.82. The van der Waals surface area contributed by atoms with Crippen LogP contribution in [0.1, 0.15) is 37.9 Å². The summed E-state index contributed by atoms with van der Waals surface area (Å²) >= 11 is 0. The molecule has 1 fully saturated rings. The zero-order valence-electron chi connectivity index (χ0n) is 14.9. The molecule has 0 aliphatic carbocycles. The van der Waals surface area contributed by atoms with E-state index in [2.05, 4.69) is 25.4 Å². The number of carbonyl (C=O) groups is 1. The van der Waals surface area contributed by atoms with Gasteiger partial charge < -0.3 is 15.2 Å². The van der Waals surface area contributed by atoms with Crippen molar-refractivity contribution in [2.75, 3.05) is 18.4 Å². The lowest BCUT2D eigenvalue weighted by Gasteiger charge is -2.21. The van der Waals surface area contributed by atoms with Crippen LogP contribution in [0.25, 0.3) is 11.4 Å². The molecule has 2 aromatic rings. The van der Waals surface area contributed by atoms with Gasteiger partial charge in [-0.15, -0.1) is 22.6 Å². The first kappa shape index (κ1) is 18.9. The van der Waals surface area contributed by atoms with Crippen LogP contribution in [0.3, 0.4) is 0 Å². The monoisotopic (exact) mass is 375 g/mol. The zero-order valence-corrected chi connectivity index (χ0v) is 15.7. The lowest BCUT2D eigenvalue weighted by molar-refractivity contribution is -0.120. The number of aryl methyl sites for hydroxylation is 1. The number of rotatable bonds is 3. The van der Waals surface area contributed by atoms with E-state index in [-0.39, 0.29) is 24.2 Å². The minimum Gasteiger partial charge on any atom is -0.326 e. The van der Waals surface area contributed by atoms with Gasteiger partial charge in [-0.25, -0.2) is 0 Å². The summed E-state index contributed by atoms with van der Waals surface area (Å²) in [5, 5.41) is 15.2. The number of nitrogens with zero attached hydrogens (tertiary/aromatic N) is 3. The summed E-state index contributed by atoms with van der Waals surface area (Å²) in [5.74, 6) is 2.22. The third-order valence-corrected chi connectivity index (χ3v) is 5.21. The third kappa shape index (κ3) is 4.07. The molecule has 0 atom stereocenters. The summed E-state index contributed by atoms with van der Waals surface area (Å²) in [4.78, 5) is 12.5. The van der Waals surface area contributed by atoms with Gasteiger partial charge in [0.1, 0.15) is 5.82 Å². The molecule has 2 N–H and O–H groups in total. The van der Waals surface area contributed by atoms with Crippen LogP contribution in [-0.4, -0.2) is 33.8 Å². The maximum absolute atomic E-state index is 12.5. The summed E-state index contributed by atoms with van der Waals surface area (Å²) in [5.41, 5.74) is 1.86. The number of piperidine rings is 1. The standard InChI is InChI=1S/C19H25N5O.ClH/c25-19(14-8-10-20-11-9-14)21-16-6-4-5-15(13-16)18-23-22-17-7-2-1-3-12-24(17)18;/h4-6,13-14,20H,1-3,7-12H2,(H,21,25);1H. The first-order valence-corrected chi connectivity index (χ1v) is 9.35. The lowest BCUT2D eigenvalue weighted by atomic mass is 9.97. The number of amides is 1. The SMILES string of the molecule is Cl.O=C(Nc1cccc(-c2nnc3n2CCCCC3)c1)C1CCNCC1. The maximum atomic E-state index is 12.5. The summed E-state index contributed by atoms with van der Waals surface area (Å²) in [6, 6.07) is 7.98. The van der Waals surface area contributed by atoms with Crippen LogP contribution in [-0.2, 0) is 17.8 Å². The molecular formula is C19H26ClN5O. The average molecular weight is 376 g/mol. The van der Waals surface area contributed by atoms with Crippen LogP contribution >= 0.6 is 12.4 Å². The number of fused-ring (bicyclic) bond motifs is 1. The molecule has 1 amide bonds. The van der Waals surface area contributed by atoms with Crippen LogP contribution in [0, 0.1) is 5.92 Å². The molecule has 1 aromatic heterocycles. The van der Waals surface area contributed by atoms with Crippen molar-refractivity contribution in [2.45, 2.75) is 45.1 Å². The molecule has 0 radical (unpaired) electrons. The second-order valence-corrected chi connectivity index (χ2v) is 7.00. The minimum atomic E-state index is 0. The number of aromatic nitrogens is 3. The Bertz CT molecular complexity index is 754. The van der Waals surface area contributed by atoms with E-state index in [1.807, 2.05) is 24.3 Å². The Morgan fingerprint density at radius 1 is 1.15 bits per heavy atom. The van der Waals surface area contributed by atoms with Gasteiger partial charge in [-0.3, -0.25) is 4.79 Å². The molecule has 6 nitrogen and oxygen atoms in total. The van der Waals surface area contributed by atoms with E-state index >= 15 is 0 Å². The van der Waals surface area contributed by atoms with Gasteiger partial charge in [0, 0.05) is 30.1 Å². The maximum Gasteiger partial charge on any atom is 0.227 e. The Labute approximate surface area is 160 Å². The molecule has 2 aliphatic rings. The van der Waals surface area contributed by atoms with E-state index in [4.69, 9.17) is 0 Å². The van der Waals surface area contributed by atoms with Crippen LogP contribution < -0.4 is 10.6 Å². The van der Waals surface area contributed by atoms with Crippen molar-refractivity contribution in [3.8, 4) is 11.4 Å². The normalized spacial score (nSPS) is 17.7. The fourth-order valence-corrected chi connectivity index (χ4v) is 3.76. The van der Waals surface area contributed by atoms with Crippen molar-refractivity contribution in [2.24, 2.45) is 5.92 Å². The van der Waals surface area contributed by atoms with Crippen LogP contribution in [0.4, 0.5) is 5.69 Å². The molecule has 7 heteroatoms. The number of benzene rings is 1. The molecule has 0 bridgehead atoms. The molecule has 140 valence electrons.